The van der Waals surface area contributed by atoms with Crippen molar-refractivity contribution in [3.8, 4) is 0 Å². The van der Waals surface area contributed by atoms with E-state index in [1.54, 1.807) is 0 Å². The Morgan fingerprint density at radius 1 is 1.47 bits per heavy atom. The zero-order valence-corrected chi connectivity index (χ0v) is 9.66. The van der Waals surface area contributed by atoms with Crippen LogP contribution in [0.25, 0.3) is 0 Å². The molecule has 0 amide bonds. The molecule has 2 aliphatic heterocycles. The summed E-state index contributed by atoms with van der Waals surface area (Å²) in [6, 6.07) is 0. The van der Waals surface area contributed by atoms with Crippen LogP contribution in [0.5, 0.6) is 0 Å². The maximum atomic E-state index is 5.73. The van der Waals surface area contributed by atoms with Crippen LogP contribution in [0.3, 0.4) is 0 Å². The third-order valence-corrected chi connectivity index (χ3v) is 2.72. The van der Waals surface area contributed by atoms with Crippen molar-refractivity contribution in [2.75, 3.05) is 13.2 Å². The van der Waals surface area contributed by atoms with Gasteiger partial charge in [0.1, 0.15) is 12.1 Å². The summed E-state index contributed by atoms with van der Waals surface area (Å²) in [5, 5.41) is 0. The van der Waals surface area contributed by atoms with Crippen LogP contribution in [-0.4, -0.2) is 30.1 Å². The van der Waals surface area contributed by atoms with Crippen molar-refractivity contribution in [1.82, 2.24) is 4.90 Å². The van der Waals surface area contributed by atoms with E-state index in [1.807, 2.05) is 6.92 Å². The molecule has 0 spiro atoms. The lowest BCUT2D eigenvalue weighted by Crippen LogP contribution is -2.44. The Morgan fingerprint density at radius 3 is 3.00 bits per heavy atom. The molecule has 0 saturated carbocycles. The third-order valence-electron chi connectivity index (χ3n) is 2.72. The molecule has 1 unspecified atom stereocenters. The number of fused-ring (bicyclic) bond motifs is 1. The minimum atomic E-state index is 0.170. The second kappa shape index (κ2) is 4.19. The summed E-state index contributed by atoms with van der Waals surface area (Å²) in [6.07, 6.45) is 5.45. The fourth-order valence-electron chi connectivity index (χ4n) is 2.16. The van der Waals surface area contributed by atoms with Crippen molar-refractivity contribution in [3.05, 3.63) is 23.4 Å². The Balaban J connectivity index is 2.27. The number of allylic oxidation sites excluding steroid dienone is 3. The van der Waals surface area contributed by atoms with Crippen LogP contribution in [0.4, 0.5) is 0 Å². The van der Waals surface area contributed by atoms with E-state index < -0.39 is 0 Å². The summed E-state index contributed by atoms with van der Waals surface area (Å²) in [4.78, 5) is 6.72. The summed E-state index contributed by atoms with van der Waals surface area (Å²) in [6.45, 7) is 7.88. The van der Waals surface area contributed by atoms with Gasteiger partial charge < -0.3 is 9.64 Å². The first-order valence-corrected chi connectivity index (χ1v) is 5.54. The van der Waals surface area contributed by atoms with Gasteiger partial charge in [-0.1, -0.05) is 0 Å². The molecule has 0 aromatic heterocycles. The van der Waals surface area contributed by atoms with Crippen molar-refractivity contribution in [2.24, 2.45) is 4.99 Å². The van der Waals surface area contributed by atoms with E-state index in [2.05, 4.69) is 35.9 Å². The van der Waals surface area contributed by atoms with Gasteiger partial charge in [-0.2, -0.15) is 0 Å². The molecule has 0 aromatic carbocycles. The summed E-state index contributed by atoms with van der Waals surface area (Å²) in [7, 11) is 0. The van der Waals surface area contributed by atoms with E-state index in [0.29, 0.717) is 0 Å². The molecule has 0 saturated heterocycles. The highest BCUT2D eigenvalue weighted by Gasteiger charge is 2.27. The van der Waals surface area contributed by atoms with E-state index in [0.717, 1.165) is 25.4 Å². The molecule has 2 heterocycles. The van der Waals surface area contributed by atoms with Gasteiger partial charge in [-0.05, 0) is 38.5 Å². The lowest BCUT2D eigenvalue weighted by molar-refractivity contribution is -0.0141. The number of nitrogens with zero attached hydrogens (tertiary/aromatic N) is 2. The fourth-order valence-corrected chi connectivity index (χ4v) is 2.16. The number of hydrogen-bond acceptors (Lipinski definition) is 3. The largest absolute Gasteiger partial charge is 0.358 e. The topological polar surface area (TPSA) is 24.8 Å². The van der Waals surface area contributed by atoms with E-state index in [9.17, 15) is 0 Å². The van der Waals surface area contributed by atoms with Crippen LogP contribution in [-0.2, 0) is 4.74 Å². The van der Waals surface area contributed by atoms with Gasteiger partial charge in [0.2, 0.25) is 0 Å². The summed E-state index contributed by atoms with van der Waals surface area (Å²) >= 11 is 0. The maximum Gasteiger partial charge on any atom is 0.137 e. The van der Waals surface area contributed by atoms with Gasteiger partial charge in [-0.3, -0.25) is 4.99 Å². The molecule has 2 aliphatic rings. The Kier molecular flexibility index (Phi) is 2.91. The Morgan fingerprint density at radius 2 is 2.27 bits per heavy atom. The molecule has 2 rings (SSSR count). The van der Waals surface area contributed by atoms with Crippen LogP contribution in [0.2, 0.25) is 0 Å². The minimum Gasteiger partial charge on any atom is -0.358 e. The van der Waals surface area contributed by atoms with Crippen molar-refractivity contribution in [1.29, 1.82) is 0 Å². The zero-order chi connectivity index (χ0) is 10.8. The molecule has 3 nitrogen and oxygen atoms in total. The average molecular weight is 206 g/mol. The van der Waals surface area contributed by atoms with Gasteiger partial charge in [0, 0.05) is 25.3 Å². The van der Waals surface area contributed by atoms with E-state index in [4.69, 9.17) is 4.74 Å². The first-order chi connectivity index (χ1) is 7.22. The average Bonchev–Trinajstić information content (AvgIpc) is 2.17. The van der Waals surface area contributed by atoms with Crippen LogP contribution in [0, 0.1) is 0 Å². The SMILES string of the molecule is CCOC1CCN=C2C=C(C)C=C(C)N21. The molecule has 0 aromatic rings. The Labute approximate surface area is 91.1 Å². The number of amidine groups is 1. The summed E-state index contributed by atoms with van der Waals surface area (Å²) < 4.78 is 5.73. The van der Waals surface area contributed by atoms with Crippen LogP contribution >= 0.6 is 0 Å². The van der Waals surface area contributed by atoms with Gasteiger partial charge in [0.05, 0.1) is 0 Å². The predicted octanol–water partition coefficient (Wildman–Crippen LogP) is 2.32. The summed E-state index contributed by atoms with van der Waals surface area (Å²) in [5.41, 5.74) is 2.49. The van der Waals surface area contributed by atoms with E-state index >= 15 is 0 Å². The smallest absolute Gasteiger partial charge is 0.137 e. The molecule has 3 heteroatoms. The summed E-state index contributed by atoms with van der Waals surface area (Å²) in [5.74, 6) is 1.05. The third kappa shape index (κ3) is 1.97. The highest BCUT2D eigenvalue weighted by molar-refractivity contribution is 5.96. The van der Waals surface area contributed by atoms with E-state index in [-0.39, 0.29) is 6.23 Å². The number of rotatable bonds is 2. The molecule has 0 aliphatic carbocycles. The first-order valence-electron chi connectivity index (χ1n) is 5.54. The zero-order valence-electron chi connectivity index (χ0n) is 9.66. The van der Waals surface area contributed by atoms with Gasteiger partial charge in [-0.15, -0.1) is 0 Å². The second-order valence-electron chi connectivity index (χ2n) is 3.98. The molecule has 0 radical (unpaired) electrons. The lowest BCUT2D eigenvalue weighted by Gasteiger charge is -2.38. The maximum absolute atomic E-state index is 5.73. The quantitative estimate of drug-likeness (QED) is 0.692. The number of hydrogen-bond donors (Lipinski definition) is 0. The standard InChI is InChI=1S/C12H18N2O/c1-4-15-12-5-6-13-11-8-9(2)7-10(3)14(11)12/h7-8,12H,4-6H2,1-3H3. The molecule has 0 fully saturated rings. The molecular formula is C12H18N2O. The van der Waals surface area contributed by atoms with Gasteiger partial charge in [0.25, 0.3) is 0 Å². The van der Waals surface area contributed by atoms with Gasteiger partial charge in [-0.25, -0.2) is 0 Å². The lowest BCUT2D eigenvalue weighted by atomic mass is 10.1. The van der Waals surface area contributed by atoms with Gasteiger partial charge >= 0.3 is 0 Å². The van der Waals surface area contributed by atoms with Crippen LogP contribution in [0.1, 0.15) is 27.2 Å². The molecule has 0 N–H and O–H groups in total. The number of aliphatic imine (C=N–C) groups is 1. The van der Waals surface area contributed by atoms with Crippen molar-refractivity contribution < 1.29 is 4.74 Å². The normalized spacial score (nSPS) is 25.4. The second-order valence-corrected chi connectivity index (χ2v) is 3.98. The first kappa shape index (κ1) is 10.4. The van der Waals surface area contributed by atoms with Crippen molar-refractivity contribution in [2.45, 2.75) is 33.4 Å². The monoisotopic (exact) mass is 206 g/mol. The predicted molar refractivity (Wildman–Crippen MR) is 61.7 cm³/mol. The van der Waals surface area contributed by atoms with E-state index in [1.165, 1.54) is 11.3 Å². The molecule has 0 bridgehead atoms. The van der Waals surface area contributed by atoms with Crippen LogP contribution < -0.4 is 0 Å². The molecule has 1 atom stereocenters. The molecule has 82 valence electrons. The molecule has 15 heavy (non-hydrogen) atoms. The van der Waals surface area contributed by atoms with Crippen molar-refractivity contribution in [3.63, 3.8) is 0 Å². The highest BCUT2D eigenvalue weighted by Crippen LogP contribution is 2.24. The van der Waals surface area contributed by atoms with Gasteiger partial charge in [0.15, 0.2) is 0 Å². The van der Waals surface area contributed by atoms with Crippen molar-refractivity contribution >= 4 is 5.84 Å². The Hall–Kier alpha value is -1.09. The minimum absolute atomic E-state index is 0.170. The Bertz CT molecular complexity index is 342. The highest BCUT2D eigenvalue weighted by atomic mass is 16.5. The fraction of sp³-hybridized carbons (Fsp3) is 0.583. The van der Waals surface area contributed by atoms with Crippen LogP contribution in [0.15, 0.2) is 28.4 Å². The molecular weight excluding hydrogens is 188 g/mol. The number of ether oxygens (including phenoxy) is 1.